The number of hydrogen-bond acceptors (Lipinski definition) is 3. The third kappa shape index (κ3) is 2.96. The van der Waals surface area contributed by atoms with Crippen LogP contribution in [-0.2, 0) is 11.2 Å². The minimum atomic E-state index is -0.300. The first-order chi connectivity index (χ1) is 10.8. The van der Waals surface area contributed by atoms with Crippen LogP contribution in [0.2, 0.25) is 0 Å². The van der Waals surface area contributed by atoms with Crippen LogP contribution in [0.4, 0.5) is 0 Å². The summed E-state index contributed by atoms with van der Waals surface area (Å²) in [4.78, 5) is 15.2. The molecule has 0 amide bonds. The molecule has 0 unspecified atom stereocenters. The summed E-state index contributed by atoms with van der Waals surface area (Å²) in [7, 11) is 1.64. The van der Waals surface area contributed by atoms with Crippen LogP contribution in [0, 0.1) is 0 Å². The van der Waals surface area contributed by atoms with E-state index in [1.165, 1.54) is 0 Å². The minimum absolute atomic E-state index is 0.300. The molecular formula is C18H17NO3. The van der Waals surface area contributed by atoms with Crippen LogP contribution in [-0.4, -0.2) is 24.7 Å². The molecule has 0 spiro atoms. The standard InChI is InChI=1S/C18H17NO3/c1-21-14-8-6-13(7-9-14)10-11-22-18(20)16-12-19-17-5-3-2-4-15(16)17/h2-9,12,19H,10-11H2,1H3. The van der Waals surface area contributed by atoms with Crippen LogP contribution in [0.3, 0.4) is 0 Å². The van der Waals surface area contributed by atoms with Gasteiger partial charge in [-0.15, -0.1) is 0 Å². The second kappa shape index (κ2) is 6.35. The number of carbonyl (C=O) groups excluding carboxylic acids is 1. The predicted molar refractivity (Wildman–Crippen MR) is 85.3 cm³/mol. The smallest absolute Gasteiger partial charge is 0.340 e. The highest BCUT2D eigenvalue weighted by atomic mass is 16.5. The number of fused-ring (bicyclic) bond motifs is 1. The normalized spacial score (nSPS) is 10.6. The van der Waals surface area contributed by atoms with Gasteiger partial charge in [-0.2, -0.15) is 0 Å². The third-order valence-corrected chi connectivity index (χ3v) is 3.59. The first-order valence-electron chi connectivity index (χ1n) is 7.14. The van der Waals surface area contributed by atoms with E-state index >= 15 is 0 Å². The van der Waals surface area contributed by atoms with Crippen molar-refractivity contribution < 1.29 is 14.3 Å². The van der Waals surface area contributed by atoms with Crippen molar-refractivity contribution in [2.24, 2.45) is 0 Å². The van der Waals surface area contributed by atoms with Crippen LogP contribution in [0.25, 0.3) is 10.9 Å². The molecule has 0 aliphatic rings. The summed E-state index contributed by atoms with van der Waals surface area (Å²) < 4.78 is 10.5. The number of ether oxygens (including phenoxy) is 2. The lowest BCUT2D eigenvalue weighted by Gasteiger charge is -2.05. The Kier molecular flexibility index (Phi) is 4.10. The molecule has 1 heterocycles. The van der Waals surface area contributed by atoms with Crippen LogP contribution >= 0.6 is 0 Å². The highest BCUT2D eigenvalue weighted by Gasteiger charge is 2.12. The van der Waals surface area contributed by atoms with Crippen molar-refractivity contribution in [3.63, 3.8) is 0 Å². The number of nitrogens with one attached hydrogen (secondary N) is 1. The second-order valence-electron chi connectivity index (χ2n) is 4.98. The van der Waals surface area contributed by atoms with E-state index in [0.717, 1.165) is 22.2 Å². The maximum atomic E-state index is 12.1. The number of aromatic amines is 1. The van der Waals surface area contributed by atoms with Crippen LogP contribution in [0.15, 0.2) is 54.7 Å². The molecule has 0 atom stereocenters. The molecule has 22 heavy (non-hydrogen) atoms. The van der Waals surface area contributed by atoms with E-state index < -0.39 is 0 Å². The SMILES string of the molecule is COc1ccc(CCOC(=O)c2c[nH]c3ccccc23)cc1. The number of para-hydroxylation sites is 1. The Hall–Kier alpha value is -2.75. The van der Waals surface area contributed by atoms with E-state index in [1.54, 1.807) is 13.3 Å². The Morgan fingerprint density at radius 1 is 1.09 bits per heavy atom. The van der Waals surface area contributed by atoms with Crippen molar-refractivity contribution in [2.45, 2.75) is 6.42 Å². The number of methoxy groups -OCH3 is 1. The van der Waals surface area contributed by atoms with E-state index in [9.17, 15) is 4.79 Å². The van der Waals surface area contributed by atoms with Gasteiger partial charge in [-0.25, -0.2) is 4.79 Å². The average Bonchev–Trinajstić information content (AvgIpc) is 2.99. The number of hydrogen-bond donors (Lipinski definition) is 1. The molecule has 0 aliphatic carbocycles. The molecule has 1 N–H and O–H groups in total. The number of esters is 1. The lowest BCUT2D eigenvalue weighted by molar-refractivity contribution is 0.0511. The van der Waals surface area contributed by atoms with Gasteiger partial charge in [0.2, 0.25) is 0 Å². The summed E-state index contributed by atoms with van der Waals surface area (Å²) in [6.07, 6.45) is 2.37. The van der Waals surface area contributed by atoms with Crippen molar-refractivity contribution in [1.82, 2.24) is 4.98 Å². The van der Waals surface area contributed by atoms with Gasteiger partial charge in [-0.3, -0.25) is 0 Å². The molecule has 3 rings (SSSR count). The third-order valence-electron chi connectivity index (χ3n) is 3.59. The zero-order chi connectivity index (χ0) is 15.4. The molecule has 2 aromatic carbocycles. The Bertz CT molecular complexity index is 774. The summed E-state index contributed by atoms with van der Waals surface area (Å²) in [6.45, 7) is 0.352. The number of rotatable bonds is 5. The molecule has 0 saturated heterocycles. The molecule has 4 heteroatoms. The molecule has 0 aliphatic heterocycles. The number of carbonyl (C=O) groups is 1. The average molecular weight is 295 g/mol. The van der Waals surface area contributed by atoms with Gasteiger partial charge in [0, 0.05) is 23.5 Å². The molecule has 112 valence electrons. The summed E-state index contributed by atoms with van der Waals surface area (Å²) >= 11 is 0. The van der Waals surface area contributed by atoms with Crippen LogP contribution in [0.5, 0.6) is 5.75 Å². The zero-order valence-corrected chi connectivity index (χ0v) is 12.3. The van der Waals surface area contributed by atoms with Gasteiger partial charge in [0.25, 0.3) is 0 Å². The van der Waals surface area contributed by atoms with Gasteiger partial charge in [-0.1, -0.05) is 30.3 Å². The Labute approximate surface area is 128 Å². The van der Waals surface area contributed by atoms with E-state index in [0.29, 0.717) is 18.6 Å². The van der Waals surface area contributed by atoms with E-state index in [4.69, 9.17) is 9.47 Å². The highest BCUT2D eigenvalue weighted by molar-refractivity contribution is 6.03. The number of H-pyrrole nitrogens is 1. The molecule has 1 aromatic heterocycles. The Balaban J connectivity index is 1.60. The maximum Gasteiger partial charge on any atom is 0.340 e. The number of aromatic nitrogens is 1. The summed E-state index contributed by atoms with van der Waals surface area (Å²) in [6, 6.07) is 15.4. The van der Waals surface area contributed by atoms with Crippen LogP contribution < -0.4 is 4.74 Å². The minimum Gasteiger partial charge on any atom is -0.497 e. The van der Waals surface area contributed by atoms with Gasteiger partial charge in [0.05, 0.1) is 19.3 Å². The van der Waals surface area contributed by atoms with Crippen molar-refractivity contribution in [1.29, 1.82) is 0 Å². The molecule has 0 bridgehead atoms. The highest BCUT2D eigenvalue weighted by Crippen LogP contribution is 2.18. The van der Waals surface area contributed by atoms with Gasteiger partial charge in [-0.05, 0) is 23.8 Å². The first-order valence-corrected chi connectivity index (χ1v) is 7.14. The fourth-order valence-corrected chi connectivity index (χ4v) is 2.37. The fraction of sp³-hybridized carbons (Fsp3) is 0.167. The summed E-state index contributed by atoms with van der Waals surface area (Å²) in [5.74, 6) is 0.519. The Morgan fingerprint density at radius 3 is 2.64 bits per heavy atom. The van der Waals surface area contributed by atoms with Crippen LogP contribution in [0.1, 0.15) is 15.9 Å². The monoisotopic (exact) mass is 295 g/mol. The van der Waals surface area contributed by atoms with Gasteiger partial charge < -0.3 is 14.5 Å². The first kappa shape index (κ1) is 14.2. The maximum absolute atomic E-state index is 12.1. The van der Waals surface area contributed by atoms with Gasteiger partial charge >= 0.3 is 5.97 Å². The van der Waals surface area contributed by atoms with Gasteiger partial charge in [0.15, 0.2) is 0 Å². The summed E-state index contributed by atoms with van der Waals surface area (Å²) in [5, 5.41) is 0.886. The summed E-state index contributed by atoms with van der Waals surface area (Å²) in [5.41, 5.74) is 2.61. The molecule has 3 aromatic rings. The Morgan fingerprint density at radius 2 is 1.86 bits per heavy atom. The van der Waals surface area contributed by atoms with Crippen molar-refractivity contribution in [3.05, 3.63) is 65.9 Å². The molecule has 0 radical (unpaired) electrons. The van der Waals surface area contributed by atoms with Gasteiger partial charge in [0.1, 0.15) is 5.75 Å². The number of benzene rings is 2. The van der Waals surface area contributed by atoms with E-state index in [-0.39, 0.29) is 5.97 Å². The topological polar surface area (TPSA) is 51.3 Å². The molecule has 0 fully saturated rings. The zero-order valence-electron chi connectivity index (χ0n) is 12.3. The molecule has 4 nitrogen and oxygen atoms in total. The lowest BCUT2D eigenvalue weighted by atomic mass is 10.1. The van der Waals surface area contributed by atoms with E-state index in [1.807, 2.05) is 48.5 Å². The molecular weight excluding hydrogens is 278 g/mol. The van der Waals surface area contributed by atoms with Crippen molar-refractivity contribution >= 4 is 16.9 Å². The molecule has 0 saturated carbocycles. The predicted octanol–water partition coefficient (Wildman–Crippen LogP) is 3.58. The second-order valence-corrected chi connectivity index (χ2v) is 4.98. The fourth-order valence-electron chi connectivity index (χ4n) is 2.37. The lowest BCUT2D eigenvalue weighted by Crippen LogP contribution is -2.07. The van der Waals surface area contributed by atoms with E-state index in [2.05, 4.69) is 4.98 Å². The van der Waals surface area contributed by atoms with Crippen molar-refractivity contribution in [3.8, 4) is 5.75 Å². The van der Waals surface area contributed by atoms with Crippen molar-refractivity contribution in [2.75, 3.05) is 13.7 Å². The quantitative estimate of drug-likeness (QED) is 0.732. The largest absolute Gasteiger partial charge is 0.497 e.